The molecule has 2 rings (SSSR count). The first kappa shape index (κ1) is 14.3. The Kier molecular flexibility index (Phi) is 4.00. The molecule has 106 valence electrons. The van der Waals surface area contributed by atoms with E-state index in [2.05, 4.69) is 9.72 Å². The van der Waals surface area contributed by atoms with Crippen molar-refractivity contribution in [1.82, 2.24) is 4.98 Å². The number of carbonyl (C=O) groups is 1. The van der Waals surface area contributed by atoms with E-state index < -0.39 is 11.8 Å². The number of methoxy groups -OCH3 is 1. The lowest BCUT2D eigenvalue weighted by Gasteiger charge is -2.10. The van der Waals surface area contributed by atoms with Gasteiger partial charge in [-0.2, -0.15) is 5.26 Å². The summed E-state index contributed by atoms with van der Waals surface area (Å²) in [7, 11) is 1.21. The predicted octanol–water partition coefficient (Wildman–Crippen LogP) is 2.25. The second-order valence-corrected chi connectivity index (χ2v) is 3.93. The lowest BCUT2D eigenvalue weighted by atomic mass is 10.2. The molecular weight excluding hydrogens is 277 g/mol. The van der Waals surface area contributed by atoms with E-state index in [-0.39, 0.29) is 28.4 Å². The summed E-state index contributed by atoms with van der Waals surface area (Å²) in [6.45, 7) is 0. The number of hydrogen-bond acceptors (Lipinski definition) is 6. The van der Waals surface area contributed by atoms with Crippen LogP contribution in [0.4, 0.5) is 10.1 Å². The first-order valence-corrected chi connectivity index (χ1v) is 5.77. The van der Waals surface area contributed by atoms with Crippen molar-refractivity contribution in [2.24, 2.45) is 0 Å². The molecule has 1 aromatic heterocycles. The lowest BCUT2D eigenvalue weighted by Crippen LogP contribution is -2.07. The zero-order chi connectivity index (χ0) is 15.4. The summed E-state index contributed by atoms with van der Waals surface area (Å²) in [4.78, 5) is 15.3. The highest BCUT2D eigenvalue weighted by Gasteiger charge is 2.16. The van der Waals surface area contributed by atoms with Gasteiger partial charge in [0.15, 0.2) is 11.6 Å². The maximum absolute atomic E-state index is 13.7. The zero-order valence-electron chi connectivity index (χ0n) is 11.0. The molecule has 0 atom stereocenters. The Balaban J connectivity index is 2.37. The Morgan fingerprint density at radius 3 is 2.81 bits per heavy atom. The van der Waals surface area contributed by atoms with Crippen LogP contribution in [0.3, 0.4) is 0 Å². The van der Waals surface area contributed by atoms with Crippen molar-refractivity contribution in [3.05, 3.63) is 47.4 Å². The number of pyridine rings is 1. The van der Waals surface area contributed by atoms with E-state index in [9.17, 15) is 9.18 Å². The highest BCUT2D eigenvalue weighted by molar-refractivity contribution is 5.96. The third kappa shape index (κ3) is 2.90. The third-order valence-corrected chi connectivity index (χ3v) is 2.63. The predicted molar refractivity (Wildman–Crippen MR) is 71.2 cm³/mol. The van der Waals surface area contributed by atoms with Crippen molar-refractivity contribution < 1.29 is 18.7 Å². The van der Waals surface area contributed by atoms with Gasteiger partial charge in [0.1, 0.15) is 5.69 Å². The summed E-state index contributed by atoms with van der Waals surface area (Å²) >= 11 is 0. The number of rotatable bonds is 3. The van der Waals surface area contributed by atoms with Crippen LogP contribution in [0.1, 0.15) is 15.9 Å². The van der Waals surface area contributed by atoms with Crippen LogP contribution < -0.4 is 10.5 Å². The lowest BCUT2D eigenvalue weighted by molar-refractivity contribution is 0.0601. The van der Waals surface area contributed by atoms with Crippen molar-refractivity contribution in [3.63, 3.8) is 0 Å². The number of nitrogens with zero attached hydrogens (tertiary/aromatic N) is 2. The largest absolute Gasteiger partial charge is 0.465 e. The van der Waals surface area contributed by atoms with Crippen molar-refractivity contribution in [3.8, 4) is 17.7 Å². The number of anilines is 1. The van der Waals surface area contributed by atoms with Crippen LogP contribution in [0.25, 0.3) is 0 Å². The number of halogens is 1. The van der Waals surface area contributed by atoms with Crippen LogP contribution in [0.2, 0.25) is 0 Å². The van der Waals surface area contributed by atoms with Crippen LogP contribution in [0, 0.1) is 17.1 Å². The second kappa shape index (κ2) is 5.88. The molecule has 0 spiro atoms. The Morgan fingerprint density at radius 1 is 1.43 bits per heavy atom. The van der Waals surface area contributed by atoms with E-state index in [1.807, 2.05) is 0 Å². The average molecular weight is 287 g/mol. The van der Waals surface area contributed by atoms with E-state index in [1.165, 1.54) is 31.5 Å². The van der Waals surface area contributed by atoms with Gasteiger partial charge >= 0.3 is 5.97 Å². The third-order valence-electron chi connectivity index (χ3n) is 2.63. The van der Waals surface area contributed by atoms with Gasteiger partial charge in [-0.25, -0.2) is 14.2 Å². The molecule has 6 nitrogen and oxygen atoms in total. The summed E-state index contributed by atoms with van der Waals surface area (Å²) < 4.78 is 23.6. The van der Waals surface area contributed by atoms with Gasteiger partial charge < -0.3 is 15.2 Å². The van der Waals surface area contributed by atoms with Crippen molar-refractivity contribution in [2.75, 3.05) is 12.8 Å². The Labute approximate surface area is 119 Å². The second-order valence-electron chi connectivity index (χ2n) is 3.93. The van der Waals surface area contributed by atoms with Gasteiger partial charge in [-0.1, -0.05) is 0 Å². The molecular formula is C14H10FN3O3. The van der Waals surface area contributed by atoms with Crippen LogP contribution in [0.5, 0.6) is 11.6 Å². The highest BCUT2D eigenvalue weighted by atomic mass is 19.1. The Morgan fingerprint density at radius 2 is 2.19 bits per heavy atom. The van der Waals surface area contributed by atoms with Crippen molar-refractivity contribution in [2.45, 2.75) is 0 Å². The molecule has 0 saturated carbocycles. The van der Waals surface area contributed by atoms with E-state index in [0.29, 0.717) is 0 Å². The number of nitrogens with two attached hydrogens (primary N) is 1. The van der Waals surface area contributed by atoms with Gasteiger partial charge in [0, 0.05) is 6.20 Å². The first-order chi connectivity index (χ1) is 10.1. The first-order valence-electron chi connectivity index (χ1n) is 5.77. The number of hydrogen-bond donors (Lipinski definition) is 1. The van der Waals surface area contributed by atoms with Crippen molar-refractivity contribution >= 4 is 11.7 Å². The molecule has 21 heavy (non-hydrogen) atoms. The Bertz CT molecular complexity index is 741. The molecule has 0 aliphatic rings. The minimum atomic E-state index is -0.737. The molecule has 0 amide bonds. The molecule has 0 bridgehead atoms. The number of nitrogen functional groups attached to an aromatic ring is 1. The monoisotopic (exact) mass is 287 g/mol. The summed E-state index contributed by atoms with van der Waals surface area (Å²) in [5.74, 6) is -1.67. The van der Waals surface area contributed by atoms with Crippen molar-refractivity contribution in [1.29, 1.82) is 5.26 Å². The molecule has 0 aliphatic carbocycles. The maximum Gasteiger partial charge on any atom is 0.340 e. The summed E-state index contributed by atoms with van der Waals surface area (Å²) in [6.07, 6.45) is 1.29. The van der Waals surface area contributed by atoms with Gasteiger partial charge in [0.05, 0.1) is 24.3 Å². The summed E-state index contributed by atoms with van der Waals surface area (Å²) in [5, 5.41) is 8.67. The average Bonchev–Trinajstić information content (AvgIpc) is 2.50. The molecule has 0 aliphatic heterocycles. The fourth-order valence-corrected chi connectivity index (χ4v) is 1.58. The van der Waals surface area contributed by atoms with E-state index in [0.717, 1.165) is 6.07 Å². The van der Waals surface area contributed by atoms with Crippen LogP contribution in [-0.4, -0.2) is 18.1 Å². The molecule has 1 heterocycles. The molecule has 7 heteroatoms. The fraction of sp³-hybridized carbons (Fsp3) is 0.0714. The van der Waals surface area contributed by atoms with Crippen LogP contribution in [-0.2, 0) is 4.74 Å². The van der Waals surface area contributed by atoms with E-state index >= 15 is 0 Å². The molecule has 0 fully saturated rings. The highest BCUT2D eigenvalue weighted by Crippen LogP contribution is 2.29. The summed E-state index contributed by atoms with van der Waals surface area (Å²) in [5.41, 5.74) is 5.91. The zero-order valence-corrected chi connectivity index (χ0v) is 11.0. The normalized spacial score (nSPS) is 9.76. The molecule has 1 aromatic carbocycles. The van der Waals surface area contributed by atoms with Gasteiger partial charge in [0.2, 0.25) is 5.88 Å². The molecule has 0 radical (unpaired) electrons. The number of nitriles is 1. The number of esters is 1. The van der Waals surface area contributed by atoms with Crippen LogP contribution in [0.15, 0.2) is 30.5 Å². The van der Waals surface area contributed by atoms with Crippen LogP contribution >= 0.6 is 0 Å². The maximum atomic E-state index is 13.7. The topological polar surface area (TPSA) is 98.2 Å². The number of aromatic nitrogens is 1. The molecule has 0 unspecified atom stereocenters. The number of benzene rings is 1. The standard InChI is InChI=1S/C14H10FN3O3/c1-20-14(19)9-4-5-18-13(12(9)17)21-11-3-2-8(7-16)6-10(11)15/h2-6H,17H2,1H3. The molecule has 2 aromatic rings. The van der Waals surface area contributed by atoms with Gasteiger partial charge in [0.25, 0.3) is 0 Å². The van der Waals surface area contributed by atoms with Gasteiger partial charge in [-0.05, 0) is 24.3 Å². The SMILES string of the molecule is COC(=O)c1ccnc(Oc2ccc(C#N)cc2F)c1N. The fourth-order valence-electron chi connectivity index (χ4n) is 1.58. The number of ether oxygens (including phenoxy) is 2. The Hall–Kier alpha value is -3.14. The minimum absolute atomic E-state index is 0.0619. The quantitative estimate of drug-likeness (QED) is 0.869. The molecule has 2 N–H and O–H groups in total. The van der Waals surface area contributed by atoms with Gasteiger partial charge in [-0.15, -0.1) is 0 Å². The minimum Gasteiger partial charge on any atom is -0.465 e. The van der Waals surface area contributed by atoms with Gasteiger partial charge in [-0.3, -0.25) is 0 Å². The van der Waals surface area contributed by atoms with E-state index in [4.69, 9.17) is 15.7 Å². The summed E-state index contributed by atoms with van der Waals surface area (Å²) in [6, 6.07) is 6.86. The smallest absolute Gasteiger partial charge is 0.340 e. The van der Waals surface area contributed by atoms with E-state index in [1.54, 1.807) is 6.07 Å². The number of carbonyl (C=O) groups excluding carboxylic acids is 1. The molecule has 0 saturated heterocycles.